The number of amides is 1. The molecule has 0 spiro atoms. The summed E-state index contributed by atoms with van der Waals surface area (Å²) in [4.78, 5) is 23.7. The molecule has 0 aliphatic carbocycles. The third-order valence-electron chi connectivity index (χ3n) is 2.52. The fourth-order valence-electron chi connectivity index (χ4n) is 1.65. The van der Waals surface area contributed by atoms with Crippen LogP contribution in [0.4, 0.5) is 0 Å². The van der Waals surface area contributed by atoms with Gasteiger partial charge in [-0.05, 0) is 6.07 Å². The predicted octanol–water partition coefficient (Wildman–Crippen LogP) is 1.92. The van der Waals surface area contributed by atoms with Gasteiger partial charge in [0.25, 0.3) is 5.91 Å². The average Bonchev–Trinajstić information content (AvgIpc) is 3.05. The number of ether oxygens (including phenoxy) is 1. The lowest BCUT2D eigenvalue weighted by Gasteiger charge is -2.02. The number of thiophene rings is 1. The number of hydrogen-bond acceptors (Lipinski definition) is 6. The number of thiazole rings is 1. The first kappa shape index (κ1) is 12.5. The van der Waals surface area contributed by atoms with Gasteiger partial charge in [0.2, 0.25) is 0 Å². The van der Waals surface area contributed by atoms with Crippen LogP contribution >= 0.6 is 22.7 Å². The van der Waals surface area contributed by atoms with E-state index in [0.717, 1.165) is 15.3 Å². The van der Waals surface area contributed by atoms with Crippen LogP contribution in [0.1, 0.15) is 9.67 Å². The molecule has 0 saturated carbocycles. The lowest BCUT2D eigenvalue weighted by atomic mass is 10.4. The van der Waals surface area contributed by atoms with Crippen LogP contribution in [0.5, 0.6) is 0 Å². The van der Waals surface area contributed by atoms with Crippen LogP contribution in [0.15, 0.2) is 17.6 Å². The highest BCUT2D eigenvalue weighted by atomic mass is 32.1. The number of hydrogen-bond donors (Lipinski definition) is 1. The van der Waals surface area contributed by atoms with E-state index < -0.39 is 0 Å². The average molecular weight is 297 g/mol. The number of hydroxylamine groups is 1. The van der Waals surface area contributed by atoms with E-state index in [1.54, 1.807) is 18.4 Å². The second-order valence-corrected chi connectivity index (χ2v) is 5.64. The number of carbonyl (C=O) groups is 1. The van der Waals surface area contributed by atoms with Crippen molar-refractivity contribution in [1.29, 1.82) is 0 Å². The Balaban J connectivity index is 1.76. The molecular formula is C11H11N3O3S2. The van der Waals surface area contributed by atoms with Gasteiger partial charge >= 0.3 is 0 Å². The SMILES string of the molecule is COCCONC(=O)c1cc2c(nc3sccn32)s1. The zero-order chi connectivity index (χ0) is 13.2. The van der Waals surface area contributed by atoms with Gasteiger partial charge in [0, 0.05) is 18.7 Å². The van der Waals surface area contributed by atoms with Crippen LogP contribution in [0, 0.1) is 0 Å². The van der Waals surface area contributed by atoms with Gasteiger partial charge in [-0.2, -0.15) is 0 Å². The Morgan fingerprint density at radius 1 is 1.53 bits per heavy atom. The summed E-state index contributed by atoms with van der Waals surface area (Å²) in [5.74, 6) is -0.261. The molecule has 100 valence electrons. The first-order chi connectivity index (χ1) is 9.29. The maximum Gasteiger partial charge on any atom is 0.285 e. The highest BCUT2D eigenvalue weighted by molar-refractivity contribution is 7.21. The van der Waals surface area contributed by atoms with Gasteiger partial charge in [0.15, 0.2) is 4.96 Å². The van der Waals surface area contributed by atoms with Crippen molar-refractivity contribution in [3.63, 3.8) is 0 Å². The summed E-state index contributed by atoms with van der Waals surface area (Å²) in [5, 5.41) is 1.97. The van der Waals surface area contributed by atoms with E-state index in [9.17, 15) is 4.79 Å². The second kappa shape index (κ2) is 5.25. The van der Waals surface area contributed by atoms with Crippen molar-refractivity contribution in [2.45, 2.75) is 0 Å². The molecule has 0 unspecified atom stereocenters. The molecule has 8 heteroatoms. The molecule has 0 radical (unpaired) electrons. The Hall–Kier alpha value is -1.48. The second-order valence-electron chi connectivity index (χ2n) is 3.74. The number of nitrogens with zero attached hydrogens (tertiary/aromatic N) is 2. The standard InChI is InChI=1S/C11H11N3O3S2/c1-16-3-4-17-13-9(15)8-6-7-10(19-8)12-11-14(7)2-5-18-11/h2,5-6H,3-4H2,1H3,(H,13,15). The normalized spacial score (nSPS) is 11.4. The minimum atomic E-state index is -0.261. The highest BCUT2D eigenvalue weighted by Crippen LogP contribution is 2.28. The first-order valence-electron chi connectivity index (χ1n) is 5.56. The topological polar surface area (TPSA) is 64.9 Å². The zero-order valence-corrected chi connectivity index (χ0v) is 11.7. The van der Waals surface area contributed by atoms with E-state index in [0.29, 0.717) is 18.1 Å². The smallest absolute Gasteiger partial charge is 0.285 e. The molecule has 0 aliphatic rings. The molecule has 19 heavy (non-hydrogen) atoms. The number of methoxy groups -OCH3 is 1. The summed E-state index contributed by atoms with van der Waals surface area (Å²) in [5.41, 5.74) is 3.33. The third kappa shape index (κ3) is 2.35. The number of rotatable bonds is 5. The maximum absolute atomic E-state index is 11.8. The molecule has 3 heterocycles. The summed E-state index contributed by atoms with van der Waals surface area (Å²) in [7, 11) is 1.58. The molecule has 0 bridgehead atoms. The lowest BCUT2D eigenvalue weighted by Crippen LogP contribution is -2.24. The van der Waals surface area contributed by atoms with Gasteiger partial charge < -0.3 is 4.74 Å². The van der Waals surface area contributed by atoms with Crippen LogP contribution in [0.2, 0.25) is 0 Å². The molecule has 3 rings (SSSR count). The first-order valence-corrected chi connectivity index (χ1v) is 7.25. The number of nitrogens with one attached hydrogen (secondary N) is 1. The van der Waals surface area contributed by atoms with Crippen LogP contribution in [-0.4, -0.2) is 35.6 Å². The lowest BCUT2D eigenvalue weighted by molar-refractivity contribution is 0.00915. The van der Waals surface area contributed by atoms with E-state index in [-0.39, 0.29) is 5.91 Å². The summed E-state index contributed by atoms with van der Waals surface area (Å²) >= 11 is 2.92. The molecule has 6 nitrogen and oxygen atoms in total. The summed E-state index contributed by atoms with van der Waals surface area (Å²) in [6, 6.07) is 1.82. The summed E-state index contributed by atoms with van der Waals surface area (Å²) in [6.45, 7) is 0.756. The van der Waals surface area contributed by atoms with Crippen LogP contribution in [0.3, 0.4) is 0 Å². The molecule has 1 amide bonds. The molecule has 0 fully saturated rings. The maximum atomic E-state index is 11.8. The molecule has 3 aromatic rings. The van der Waals surface area contributed by atoms with Crippen molar-refractivity contribution in [1.82, 2.24) is 14.9 Å². The van der Waals surface area contributed by atoms with Gasteiger partial charge in [-0.15, -0.1) is 22.7 Å². The van der Waals surface area contributed by atoms with Gasteiger partial charge in [-0.25, -0.2) is 10.5 Å². The van der Waals surface area contributed by atoms with Crippen LogP contribution in [-0.2, 0) is 9.57 Å². The largest absolute Gasteiger partial charge is 0.382 e. The van der Waals surface area contributed by atoms with E-state index in [4.69, 9.17) is 9.57 Å². The van der Waals surface area contributed by atoms with Gasteiger partial charge in [0.1, 0.15) is 4.83 Å². The molecule has 0 saturated heterocycles. The summed E-state index contributed by atoms with van der Waals surface area (Å²) in [6.07, 6.45) is 1.94. The van der Waals surface area contributed by atoms with Crippen molar-refractivity contribution in [2.24, 2.45) is 0 Å². The summed E-state index contributed by atoms with van der Waals surface area (Å²) < 4.78 is 6.79. The van der Waals surface area contributed by atoms with Crippen molar-refractivity contribution in [3.05, 3.63) is 22.5 Å². The third-order valence-corrected chi connectivity index (χ3v) is 4.29. The monoisotopic (exact) mass is 297 g/mol. The van der Waals surface area contributed by atoms with Gasteiger partial charge in [-0.1, -0.05) is 0 Å². The number of carbonyl (C=O) groups excluding carboxylic acids is 1. The van der Waals surface area contributed by atoms with Crippen molar-refractivity contribution < 1.29 is 14.4 Å². The van der Waals surface area contributed by atoms with Crippen LogP contribution in [0.25, 0.3) is 15.3 Å². The number of aromatic nitrogens is 2. The van der Waals surface area contributed by atoms with Gasteiger partial charge in [-0.3, -0.25) is 14.0 Å². The minimum Gasteiger partial charge on any atom is -0.382 e. The van der Waals surface area contributed by atoms with E-state index in [2.05, 4.69) is 10.5 Å². The van der Waals surface area contributed by atoms with E-state index >= 15 is 0 Å². The molecular weight excluding hydrogens is 286 g/mol. The van der Waals surface area contributed by atoms with E-state index in [1.165, 1.54) is 11.3 Å². The Morgan fingerprint density at radius 3 is 3.26 bits per heavy atom. The Kier molecular flexibility index (Phi) is 3.47. The van der Waals surface area contributed by atoms with Crippen molar-refractivity contribution in [2.75, 3.05) is 20.3 Å². The fraction of sp³-hybridized carbons (Fsp3) is 0.273. The number of imidazole rings is 1. The minimum absolute atomic E-state index is 0.261. The molecule has 0 aromatic carbocycles. The highest BCUT2D eigenvalue weighted by Gasteiger charge is 2.14. The molecule has 0 aliphatic heterocycles. The Bertz CT molecular complexity index is 715. The zero-order valence-electron chi connectivity index (χ0n) is 10.1. The number of fused-ring (bicyclic) bond motifs is 3. The Morgan fingerprint density at radius 2 is 2.42 bits per heavy atom. The van der Waals surface area contributed by atoms with E-state index in [1.807, 2.05) is 22.0 Å². The van der Waals surface area contributed by atoms with Gasteiger partial charge in [0.05, 0.1) is 23.6 Å². The quantitative estimate of drug-likeness (QED) is 0.577. The van der Waals surface area contributed by atoms with Crippen LogP contribution < -0.4 is 5.48 Å². The Labute approximate surface area is 116 Å². The molecule has 3 aromatic heterocycles. The van der Waals surface area contributed by atoms with Crippen molar-refractivity contribution in [3.8, 4) is 0 Å². The molecule has 0 atom stereocenters. The predicted molar refractivity (Wildman–Crippen MR) is 73.7 cm³/mol. The van der Waals surface area contributed by atoms with Crippen molar-refractivity contribution >= 4 is 43.9 Å². The molecule has 1 N–H and O–H groups in total. The fourth-order valence-corrected chi connectivity index (χ4v) is 3.34.